The lowest BCUT2D eigenvalue weighted by molar-refractivity contribution is -0.144. The maximum atomic E-state index is 14.0. The number of aldehydes is 1. The van der Waals surface area contributed by atoms with Gasteiger partial charge in [0.05, 0.1) is 37.8 Å². The van der Waals surface area contributed by atoms with Crippen molar-refractivity contribution in [3.8, 4) is 0 Å². The zero-order chi connectivity index (χ0) is 48.4. The predicted molar refractivity (Wildman–Crippen MR) is 222 cm³/mol. The van der Waals surface area contributed by atoms with Crippen LogP contribution in [0.1, 0.15) is 49.0 Å². The number of carbonyl (C=O) groups excluding carboxylic acids is 7. The standard InChI is InChI=1S/C39H46N8O17S/c40-22(7-8-29(49)50)34(59)43-26(13-31(53)54)37(62)46-28(15-33(57)58)39(64)47-27(14-32(55)56)38(63)44-24(10-18-16-41-23-6-2-1-5-21(18)23)36(61)45-25(12-30(51)52)35(60)42-19(17-48)11-20-4-3-9-65-20/h1-6,9,16-17,19,22,24-28,41H,7-8,10-15,40H2,(H,42,60)(H,43,59)(H,44,63)(H,45,61)(H,46,62)(H,47,64)(H,49,50)(H,51,52)(H,53,54)(H,55,56)(H,57,58)/t19-,22-,24-,25-,26-,27-,28-/m0/s1. The molecule has 0 aliphatic rings. The maximum Gasteiger partial charge on any atom is 0.305 e. The zero-order valence-corrected chi connectivity index (χ0v) is 34.8. The van der Waals surface area contributed by atoms with E-state index in [-0.39, 0.29) is 6.42 Å². The highest BCUT2D eigenvalue weighted by molar-refractivity contribution is 7.09. The van der Waals surface area contributed by atoms with Gasteiger partial charge >= 0.3 is 29.8 Å². The molecule has 0 bridgehead atoms. The molecule has 6 amide bonds. The first-order valence-corrected chi connectivity index (χ1v) is 20.2. The minimum atomic E-state index is -2.17. The van der Waals surface area contributed by atoms with Gasteiger partial charge in [0.1, 0.15) is 36.5 Å². The number of aromatic amines is 1. The molecule has 0 aliphatic carbocycles. The molecule has 14 N–H and O–H groups in total. The van der Waals surface area contributed by atoms with Crippen LogP contribution in [-0.4, -0.2) is 144 Å². The Morgan fingerprint density at radius 2 is 1.02 bits per heavy atom. The molecule has 1 aromatic carbocycles. The summed E-state index contributed by atoms with van der Waals surface area (Å²) in [5, 5.41) is 62.1. The number of amides is 6. The number of benzene rings is 1. The summed E-state index contributed by atoms with van der Waals surface area (Å²) in [7, 11) is 0. The molecule has 2 aromatic heterocycles. The first kappa shape index (κ1) is 51.6. The van der Waals surface area contributed by atoms with E-state index < -0.39 is 153 Å². The van der Waals surface area contributed by atoms with E-state index >= 15 is 0 Å². The number of nitrogens with two attached hydrogens (primary N) is 1. The van der Waals surface area contributed by atoms with Crippen LogP contribution in [0.25, 0.3) is 10.9 Å². The second-order valence-electron chi connectivity index (χ2n) is 14.3. The lowest BCUT2D eigenvalue weighted by Gasteiger charge is -2.26. The van der Waals surface area contributed by atoms with Crippen molar-refractivity contribution < 1.29 is 83.1 Å². The van der Waals surface area contributed by atoms with Crippen molar-refractivity contribution in [2.75, 3.05) is 0 Å². The molecular weight excluding hydrogens is 885 g/mol. The lowest BCUT2D eigenvalue weighted by Crippen LogP contribution is -2.60. The molecular formula is C39H46N8O17S. The van der Waals surface area contributed by atoms with E-state index in [4.69, 9.17) is 10.8 Å². The second kappa shape index (κ2) is 24.8. The van der Waals surface area contributed by atoms with Crippen molar-refractivity contribution in [3.05, 3.63) is 58.4 Å². The molecule has 3 rings (SSSR count). The van der Waals surface area contributed by atoms with E-state index in [1.54, 1.807) is 41.8 Å². The van der Waals surface area contributed by atoms with Crippen LogP contribution in [0.4, 0.5) is 0 Å². The van der Waals surface area contributed by atoms with Gasteiger partial charge in [-0.15, -0.1) is 11.3 Å². The number of para-hydroxylation sites is 1. The van der Waals surface area contributed by atoms with Crippen molar-refractivity contribution in [1.82, 2.24) is 36.9 Å². The number of fused-ring (bicyclic) bond motifs is 1. The minimum Gasteiger partial charge on any atom is -0.481 e. The molecule has 0 aliphatic heterocycles. The minimum absolute atomic E-state index is 0.0396. The highest BCUT2D eigenvalue weighted by Gasteiger charge is 2.36. The number of hydrogen-bond donors (Lipinski definition) is 13. The molecule has 3 aromatic rings. The van der Waals surface area contributed by atoms with Crippen LogP contribution in [0.2, 0.25) is 0 Å². The molecule has 0 spiro atoms. The van der Waals surface area contributed by atoms with Gasteiger partial charge in [0.15, 0.2) is 0 Å². The third-order valence-electron chi connectivity index (χ3n) is 9.28. The van der Waals surface area contributed by atoms with Crippen LogP contribution < -0.4 is 37.6 Å². The number of carboxylic acid groups (broad SMARTS) is 5. The number of hydrogen-bond acceptors (Lipinski definition) is 14. The maximum absolute atomic E-state index is 14.0. The van der Waals surface area contributed by atoms with Crippen LogP contribution in [0.15, 0.2) is 48.0 Å². The molecule has 65 heavy (non-hydrogen) atoms. The highest BCUT2D eigenvalue weighted by Crippen LogP contribution is 2.20. The summed E-state index contributed by atoms with van der Waals surface area (Å²) in [4.78, 5) is 154. The largest absolute Gasteiger partial charge is 0.481 e. The van der Waals surface area contributed by atoms with Crippen molar-refractivity contribution >= 4 is 93.8 Å². The Kier molecular flexibility index (Phi) is 19.7. The third kappa shape index (κ3) is 17.2. The van der Waals surface area contributed by atoms with E-state index in [1.807, 2.05) is 16.0 Å². The summed E-state index contributed by atoms with van der Waals surface area (Å²) in [6.07, 6.45) is -4.10. The van der Waals surface area contributed by atoms with Gasteiger partial charge in [0.25, 0.3) is 0 Å². The molecule has 0 saturated carbocycles. The molecule has 0 unspecified atom stereocenters. The molecule has 25 nitrogen and oxygen atoms in total. The highest BCUT2D eigenvalue weighted by atomic mass is 32.1. The molecule has 7 atom stereocenters. The van der Waals surface area contributed by atoms with E-state index in [1.165, 1.54) is 17.5 Å². The number of aliphatic carboxylic acids is 5. The Bertz CT molecular complexity index is 2260. The van der Waals surface area contributed by atoms with Crippen molar-refractivity contribution in [3.63, 3.8) is 0 Å². The SMILES string of the molecule is N[C@@H](CCC(=O)O)C(=O)N[C@@H](CC(=O)O)C(=O)N[C@@H](CC(=O)O)C(=O)N[C@@H](CC(=O)O)C(=O)N[C@@H](Cc1c[nH]c2ccccc12)C(=O)N[C@@H](CC(=O)O)C(=O)N[C@H](C=O)Cc1cccs1. The average molecular weight is 931 g/mol. The number of thiophene rings is 1. The van der Waals surface area contributed by atoms with Gasteiger partial charge in [-0.05, 0) is 29.5 Å². The van der Waals surface area contributed by atoms with Crippen LogP contribution in [0.5, 0.6) is 0 Å². The van der Waals surface area contributed by atoms with Gasteiger partial charge in [0, 0.05) is 41.2 Å². The summed E-state index contributed by atoms with van der Waals surface area (Å²) in [6.45, 7) is 0. The Labute approximate surface area is 370 Å². The number of rotatable bonds is 28. The molecule has 0 fully saturated rings. The topological polar surface area (TPSA) is 420 Å². The van der Waals surface area contributed by atoms with Crippen molar-refractivity contribution in [2.45, 2.75) is 93.7 Å². The number of nitrogens with one attached hydrogen (secondary N) is 7. The summed E-state index contributed by atoms with van der Waals surface area (Å²) < 4.78 is 0. The van der Waals surface area contributed by atoms with E-state index in [9.17, 15) is 78.0 Å². The summed E-state index contributed by atoms with van der Waals surface area (Å²) in [5.41, 5.74) is 6.60. The van der Waals surface area contributed by atoms with Gasteiger partial charge in [-0.25, -0.2) is 0 Å². The number of H-pyrrole nitrogens is 1. The smallest absolute Gasteiger partial charge is 0.305 e. The van der Waals surface area contributed by atoms with Gasteiger partial charge in [-0.2, -0.15) is 0 Å². The predicted octanol–water partition coefficient (Wildman–Crippen LogP) is -2.79. The fraction of sp³-hybridized carbons (Fsp3) is 0.385. The van der Waals surface area contributed by atoms with Crippen LogP contribution in [0, 0.1) is 0 Å². The summed E-state index contributed by atoms with van der Waals surface area (Å²) in [6, 6.07) is -2.53. The second-order valence-corrected chi connectivity index (χ2v) is 15.4. The van der Waals surface area contributed by atoms with Crippen molar-refractivity contribution in [1.29, 1.82) is 0 Å². The van der Waals surface area contributed by atoms with Crippen LogP contribution >= 0.6 is 11.3 Å². The Morgan fingerprint density at radius 1 is 0.569 bits per heavy atom. The van der Waals surface area contributed by atoms with Crippen LogP contribution in [0.3, 0.4) is 0 Å². The van der Waals surface area contributed by atoms with Gasteiger partial charge < -0.3 is 72.9 Å². The van der Waals surface area contributed by atoms with E-state index in [0.29, 0.717) is 27.6 Å². The average Bonchev–Trinajstić information content (AvgIpc) is 3.90. The Morgan fingerprint density at radius 3 is 1.46 bits per heavy atom. The third-order valence-corrected chi connectivity index (χ3v) is 10.2. The summed E-state index contributed by atoms with van der Waals surface area (Å²) in [5.74, 6) is -15.8. The first-order valence-electron chi connectivity index (χ1n) is 19.4. The molecule has 0 saturated heterocycles. The normalized spacial score (nSPS) is 14.1. The van der Waals surface area contributed by atoms with E-state index in [2.05, 4.69) is 20.9 Å². The molecule has 0 radical (unpaired) electrons. The van der Waals surface area contributed by atoms with Gasteiger partial charge in [-0.1, -0.05) is 24.3 Å². The van der Waals surface area contributed by atoms with Crippen LogP contribution in [-0.2, 0) is 70.4 Å². The number of aromatic nitrogens is 1. The molecule has 26 heteroatoms. The molecule has 2 heterocycles. The van der Waals surface area contributed by atoms with Crippen molar-refractivity contribution in [2.24, 2.45) is 5.73 Å². The number of carboxylic acids is 5. The van der Waals surface area contributed by atoms with E-state index in [0.717, 1.165) is 0 Å². The zero-order valence-electron chi connectivity index (χ0n) is 34.0. The number of carbonyl (C=O) groups is 12. The monoisotopic (exact) mass is 930 g/mol. The first-order chi connectivity index (χ1) is 30.7. The Hall–Kier alpha value is -7.74. The van der Waals surface area contributed by atoms with Gasteiger partial charge in [0.2, 0.25) is 35.4 Å². The Balaban J connectivity index is 1.91. The quantitative estimate of drug-likeness (QED) is 0.0327. The summed E-state index contributed by atoms with van der Waals surface area (Å²) >= 11 is 1.28. The fourth-order valence-electron chi connectivity index (χ4n) is 6.11. The molecule has 350 valence electrons. The fourth-order valence-corrected chi connectivity index (χ4v) is 6.87. The lowest BCUT2D eigenvalue weighted by atomic mass is 10.0. The van der Waals surface area contributed by atoms with Gasteiger partial charge in [-0.3, -0.25) is 52.7 Å².